The minimum atomic E-state index is -0.192. The highest BCUT2D eigenvalue weighted by atomic mass is 19.1. The van der Waals surface area contributed by atoms with E-state index in [1.807, 2.05) is 6.07 Å². The van der Waals surface area contributed by atoms with Crippen LogP contribution in [-0.2, 0) is 6.42 Å². The summed E-state index contributed by atoms with van der Waals surface area (Å²) in [6, 6.07) is 19.7. The minimum Gasteiger partial charge on any atom is -0.207 e. The van der Waals surface area contributed by atoms with Gasteiger partial charge in [-0.2, -0.15) is 0 Å². The van der Waals surface area contributed by atoms with Gasteiger partial charge < -0.3 is 0 Å². The van der Waals surface area contributed by atoms with Crippen LogP contribution in [0.3, 0.4) is 0 Å². The van der Waals surface area contributed by atoms with Gasteiger partial charge in [0.2, 0.25) is 0 Å². The van der Waals surface area contributed by atoms with Crippen molar-refractivity contribution in [2.45, 2.75) is 26.2 Å². The summed E-state index contributed by atoms with van der Waals surface area (Å²) in [5.41, 5.74) is 3.37. The predicted octanol–water partition coefficient (Wildman–Crippen LogP) is 5.99. The number of hydrogen-bond donors (Lipinski definition) is 0. The molecule has 0 N–H and O–H groups in total. The molecule has 0 spiro atoms. The van der Waals surface area contributed by atoms with Crippen LogP contribution in [0, 0.1) is 5.82 Å². The molecule has 0 aromatic heterocycles. The van der Waals surface area contributed by atoms with Gasteiger partial charge in [-0.15, -0.1) is 0 Å². The lowest BCUT2D eigenvalue weighted by Crippen LogP contribution is -1.86. The second kappa shape index (κ2) is 6.09. The number of halogens is 1. The average molecular weight is 278 g/mol. The van der Waals surface area contributed by atoms with Gasteiger partial charge in [-0.25, -0.2) is 4.39 Å². The Labute approximate surface area is 125 Å². The van der Waals surface area contributed by atoms with Crippen molar-refractivity contribution < 1.29 is 4.39 Å². The summed E-state index contributed by atoms with van der Waals surface area (Å²) in [7, 11) is 0. The number of aryl methyl sites for hydroxylation is 1. The van der Waals surface area contributed by atoms with Gasteiger partial charge in [0.25, 0.3) is 0 Å². The van der Waals surface area contributed by atoms with Crippen molar-refractivity contribution in [3.8, 4) is 11.1 Å². The fourth-order valence-corrected chi connectivity index (χ4v) is 2.68. The maximum absolute atomic E-state index is 13.3. The number of rotatable bonds is 4. The number of fused-ring (bicyclic) bond motifs is 1. The number of unbranched alkanes of at least 4 members (excludes halogenated alkanes) is 1. The second-order valence-corrected chi connectivity index (χ2v) is 5.51. The lowest BCUT2D eigenvalue weighted by Gasteiger charge is -2.07. The standard InChI is InChI=1S/C20H19F/c1-2-3-5-15-8-9-18-13-19(11-10-17(18)12-15)16-6-4-7-20(21)14-16/h4,6-14H,2-3,5H2,1H3. The second-order valence-electron chi connectivity index (χ2n) is 5.51. The summed E-state index contributed by atoms with van der Waals surface area (Å²) in [4.78, 5) is 0. The highest BCUT2D eigenvalue weighted by Gasteiger charge is 2.02. The molecule has 3 aromatic rings. The van der Waals surface area contributed by atoms with Gasteiger partial charge in [-0.1, -0.05) is 55.8 Å². The Bertz CT molecular complexity index is 759. The van der Waals surface area contributed by atoms with Gasteiger partial charge in [0, 0.05) is 0 Å². The Balaban J connectivity index is 1.97. The van der Waals surface area contributed by atoms with Crippen molar-refractivity contribution in [2.75, 3.05) is 0 Å². The van der Waals surface area contributed by atoms with Gasteiger partial charge in [0.05, 0.1) is 0 Å². The number of hydrogen-bond acceptors (Lipinski definition) is 0. The Morgan fingerprint density at radius 2 is 1.57 bits per heavy atom. The summed E-state index contributed by atoms with van der Waals surface area (Å²) in [5, 5.41) is 2.46. The molecule has 106 valence electrons. The zero-order valence-corrected chi connectivity index (χ0v) is 12.3. The van der Waals surface area contributed by atoms with E-state index in [0.717, 1.165) is 17.5 Å². The molecule has 0 radical (unpaired) electrons. The highest BCUT2D eigenvalue weighted by Crippen LogP contribution is 2.26. The number of benzene rings is 3. The zero-order chi connectivity index (χ0) is 14.7. The summed E-state index contributed by atoms with van der Waals surface area (Å²) in [6.45, 7) is 2.21. The molecular weight excluding hydrogens is 259 g/mol. The molecule has 0 bridgehead atoms. The van der Waals surface area contributed by atoms with Crippen molar-refractivity contribution in [1.82, 2.24) is 0 Å². The summed E-state index contributed by atoms with van der Waals surface area (Å²) >= 11 is 0. The first kappa shape index (κ1) is 13.8. The Kier molecular flexibility index (Phi) is 4.01. The van der Waals surface area contributed by atoms with Gasteiger partial charge >= 0.3 is 0 Å². The van der Waals surface area contributed by atoms with Gasteiger partial charge in [-0.3, -0.25) is 0 Å². The maximum atomic E-state index is 13.3. The molecule has 0 aliphatic rings. The molecule has 0 nitrogen and oxygen atoms in total. The lowest BCUT2D eigenvalue weighted by atomic mass is 9.98. The SMILES string of the molecule is CCCCc1ccc2cc(-c3cccc(F)c3)ccc2c1. The summed E-state index contributed by atoms with van der Waals surface area (Å²) in [6.07, 6.45) is 3.58. The molecule has 21 heavy (non-hydrogen) atoms. The average Bonchev–Trinajstić information content (AvgIpc) is 2.52. The van der Waals surface area contributed by atoms with E-state index in [1.54, 1.807) is 12.1 Å². The van der Waals surface area contributed by atoms with E-state index in [9.17, 15) is 4.39 Å². The van der Waals surface area contributed by atoms with Crippen LogP contribution in [0.2, 0.25) is 0 Å². The summed E-state index contributed by atoms with van der Waals surface area (Å²) in [5.74, 6) is -0.192. The van der Waals surface area contributed by atoms with Crippen LogP contribution >= 0.6 is 0 Å². The Morgan fingerprint density at radius 1 is 0.810 bits per heavy atom. The van der Waals surface area contributed by atoms with Crippen LogP contribution in [0.15, 0.2) is 60.7 Å². The molecule has 0 amide bonds. The topological polar surface area (TPSA) is 0 Å². The van der Waals surface area contributed by atoms with Crippen molar-refractivity contribution in [2.24, 2.45) is 0 Å². The van der Waals surface area contributed by atoms with Crippen LogP contribution in [0.1, 0.15) is 25.3 Å². The maximum Gasteiger partial charge on any atom is 0.123 e. The molecule has 0 aliphatic carbocycles. The quantitative estimate of drug-likeness (QED) is 0.550. The third kappa shape index (κ3) is 3.13. The molecule has 0 saturated carbocycles. The first-order chi connectivity index (χ1) is 10.3. The minimum absolute atomic E-state index is 0.192. The van der Waals surface area contributed by atoms with Crippen LogP contribution in [0.5, 0.6) is 0 Å². The highest BCUT2D eigenvalue weighted by molar-refractivity contribution is 5.87. The van der Waals surface area contributed by atoms with Crippen LogP contribution in [-0.4, -0.2) is 0 Å². The van der Waals surface area contributed by atoms with Crippen LogP contribution in [0.4, 0.5) is 4.39 Å². The molecule has 0 unspecified atom stereocenters. The third-order valence-electron chi connectivity index (χ3n) is 3.88. The molecular formula is C20H19F. The fraction of sp³-hybridized carbons (Fsp3) is 0.200. The first-order valence-electron chi connectivity index (χ1n) is 7.55. The predicted molar refractivity (Wildman–Crippen MR) is 88.0 cm³/mol. The normalized spacial score (nSPS) is 11.0. The van der Waals surface area contributed by atoms with E-state index in [4.69, 9.17) is 0 Å². The molecule has 0 atom stereocenters. The van der Waals surface area contributed by atoms with Crippen molar-refractivity contribution in [1.29, 1.82) is 0 Å². The fourth-order valence-electron chi connectivity index (χ4n) is 2.68. The monoisotopic (exact) mass is 278 g/mol. The largest absolute Gasteiger partial charge is 0.207 e. The molecule has 1 heteroatoms. The molecule has 3 rings (SSSR count). The van der Waals surface area contributed by atoms with E-state index in [0.29, 0.717) is 0 Å². The zero-order valence-electron chi connectivity index (χ0n) is 12.3. The molecule has 0 fully saturated rings. The van der Waals surface area contributed by atoms with E-state index in [-0.39, 0.29) is 5.82 Å². The smallest absolute Gasteiger partial charge is 0.123 e. The van der Waals surface area contributed by atoms with Crippen molar-refractivity contribution >= 4 is 10.8 Å². The van der Waals surface area contributed by atoms with Crippen molar-refractivity contribution in [3.63, 3.8) is 0 Å². The Morgan fingerprint density at radius 3 is 2.38 bits per heavy atom. The van der Waals surface area contributed by atoms with Crippen molar-refractivity contribution in [3.05, 3.63) is 72.0 Å². The molecule has 0 heterocycles. The molecule has 3 aromatic carbocycles. The molecule has 0 saturated heterocycles. The van der Waals surface area contributed by atoms with E-state index in [2.05, 4.69) is 43.3 Å². The van der Waals surface area contributed by atoms with E-state index >= 15 is 0 Å². The van der Waals surface area contributed by atoms with Crippen LogP contribution < -0.4 is 0 Å². The van der Waals surface area contributed by atoms with E-state index < -0.39 is 0 Å². The lowest BCUT2D eigenvalue weighted by molar-refractivity contribution is 0.628. The van der Waals surface area contributed by atoms with Gasteiger partial charge in [-0.05, 0) is 58.5 Å². The van der Waals surface area contributed by atoms with Gasteiger partial charge in [0.1, 0.15) is 5.82 Å². The van der Waals surface area contributed by atoms with E-state index in [1.165, 1.54) is 35.2 Å². The summed E-state index contributed by atoms with van der Waals surface area (Å²) < 4.78 is 13.3. The molecule has 0 aliphatic heterocycles. The van der Waals surface area contributed by atoms with Gasteiger partial charge in [0.15, 0.2) is 0 Å². The Hall–Kier alpha value is -2.15. The van der Waals surface area contributed by atoms with Crippen LogP contribution in [0.25, 0.3) is 21.9 Å². The third-order valence-corrected chi connectivity index (χ3v) is 3.88. The first-order valence-corrected chi connectivity index (χ1v) is 7.55.